The molecule has 8 nitrogen and oxygen atoms in total. The molecule has 0 radical (unpaired) electrons. The normalized spacial score (nSPS) is 14.6. The van der Waals surface area contributed by atoms with Crippen LogP contribution < -0.4 is 27.4 Å². The Morgan fingerprint density at radius 2 is 1.82 bits per heavy atom. The monoisotopic (exact) mass is 480 g/mol. The van der Waals surface area contributed by atoms with Crippen molar-refractivity contribution in [3.8, 4) is 0 Å². The zero-order valence-electron chi connectivity index (χ0n) is 19.5. The van der Waals surface area contributed by atoms with E-state index in [1.54, 1.807) is 12.1 Å². The van der Waals surface area contributed by atoms with Gasteiger partial charge in [0.25, 0.3) is 5.91 Å². The van der Waals surface area contributed by atoms with Crippen molar-refractivity contribution in [2.24, 2.45) is 11.5 Å². The van der Waals surface area contributed by atoms with Gasteiger partial charge in [0.05, 0.1) is 5.69 Å². The number of aromatic nitrogens is 1. The molecule has 0 saturated carbocycles. The molecule has 1 aliphatic heterocycles. The summed E-state index contributed by atoms with van der Waals surface area (Å²) in [5.74, 6) is 0.0455. The van der Waals surface area contributed by atoms with Crippen LogP contribution in [0.5, 0.6) is 0 Å². The lowest BCUT2D eigenvalue weighted by molar-refractivity contribution is 0.0993. The van der Waals surface area contributed by atoms with Crippen LogP contribution >= 0.6 is 11.3 Å². The second-order valence-corrected chi connectivity index (χ2v) is 9.80. The smallest absolute Gasteiger partial charge is 0.260 e. The molecule has 1 aliphatic rings. The molecule has 1 fully saturated rings. The summed E-state index contributed by atoms with van der Waals surface area (Å²) in [6.45, 7) is 4.85. The molecule has 0 atom stereocenters. The van der Waals surface area contributed by atoms with E-state index in [9.17, 15) is 9.59 Å². The van der Waals surface area contributed by atoms with Crippen molar-refractivity contribution in [1.82, 2.24) is 10.3 Å². The third-order valence-electron chi connectivity index (χ3n) is 6.41. The number of primary amides is 2. The van der Waals surface area contributed by atoms with Gasteiger partial charge < -0.3 is 27.4 Å². The summed E-state index contributed by atoms with van der Waals surface area (Å²) in [7, 11) is 0. The van der Waals surface area contributed by atoms with E-state index >= 15 is 0 Å². The van der Waals surface area contributed by atoms with Gasteiger partial charge >= 0.3 is 0 Å². The van der Waals surface area contributed by atoms with Crippen molar-refractivity contribution < 1.29 is 9.59 Å². The zero-order valence-corrected chi connectivity index (χ0v) is 20.3. The number of nitrogens with two attached hydrogens (primary N) is 3. The van der Waals surface area contributed by atoms with E-state index in [1.807, 2.05) is 12.1 Å². The van der Waals surface area contributed by atoms with E-state index in [4.69, 9.17) is 22.2 Å². The number of nitrogens with zero attached hydrogens (tertiary/aromatic N) is 2. The number of hydrogen-bond acceptors (Lipinski definition) is 7. The minimum atomic E-state index is -0.500. The number of aryl methyl sites for hydroxylation is 1. The average Bonchev–Trinajstić information content (AvgIpc) is 3.17. The molecule has 7 N–H and O–H groups in total. The molecule has 180 valence electrons. The minimum Gasteiger partial charge on any atom is -0.397 e. The van der Waals surface area contributed by atoms with Crippen LogP contribution in [0, 0.1) is 0 Å². The summed E-state index contributed by atoms with van der Waals surface area (Å²) in [5, 5.41) is 4.54. The number of nitrogens with one attached hydrogen (secondary N) is 1. The SMILES string of the molecule is CCCc1cc(N2CCC(NCCc3ccc(C(N)=O)cc3)CC2)nc2sc(C(N)=O)c(N)c12. The number of hydrogen-bond donors (Lipinski definition) is 4. The summed E-state index contributed by atoms with van der Waals surface area (Å²) < 4.78 is 0. The van der Waals surface area contributed by atoms with Gasteiger partial charge in [0, 0.05) is 30.1 Å². The largest absolute Gasteiger partial charge is 0.397 e. The van der Waals surface area contributed by atoms with Gasteiger partial charge in [-0.05, 0) is 61.6 Å². The molecule has 2 amide bonds. The Bertz CT molecular complexity index is 1180. The molecular weight excluding hydrogens is 448 g/mol. The van der Waals surface area contributed by atoms with E-state index in [1.165, 1.54) is 16.9 Å². The zero-order chi connectivity index (χ0) is 24.2. The van der Waals surface area contributed by atoms with Crippen molar-refractivity contribution in [2.75, 3.05) is 30.3 Å². The highest BCUT2D eigenvalue weighted by Gasteiger charge is 2.23. The van der Waals surface area contributed by atoms with Gasteiger partial charge in [-0.3, -0.25) is 9.59 Å². The summed E-state index contributed by atoms with van der Waals surface area (Å²) in [5.41, 5.74) is 20.4. The number of pyridine rings is 1. The van der Waals surface area contributed by atoms with Crippen molar-refractivity contribution in [3.63, 3.8) is 0 Å². The first-order valence-electron chi connectivity index (χ1n) is 11.8. The third-order valence-corrected chi connectivity index (χ3v) is 7.53. The van der Waals surface area contributed by atoms with Crippen LogP contribution in [0.2, 0.25) is 0 Å². The highest BCUT2D eigenvalue weighted by molar-refractivity contribution is 7.21. The van der Waals surface area contributed by atoms with Crippen LogP contribution in [0.4, 0.5) is 11.5 Å². The maximum atomic E-state index is 11.8. The molecule has 9 heteroatoms. The molecule has 0 bridgehead atoms. The first-order valence-corrected chi connectivity index (χ1v) is 12.6. The number of carbonyl (C=O) groups is 2. The van der Waals surface area contributed by atoms with E-state index in [0.29, 0.717) is 22.2 Å². The number of fused-ring (bicyclic) bond motifs is 1. The highest BCUT2D eigenvalue weighted by atomic mass is 32.1. The Morgan fingerprint density at radius 1 is 1.12 bits per heavy atom. The van der Waals surface area contributed by atoms with Gasteiger partial charge in [-0.25, -0.2) is 4.98 Å². The fraction of sp³-hybridized carbons (Fsp3) is 0.400. The molecule has 1 saturated heterocycles. The van der Waals surface area contributed by atoms with E-state index in [0.717, 1.165) is 73.3 Å². The van der Waals surface area contributed by atoms with E-state index < -0.39 is 11.8 Å². The van der Waals surface area contributed by atoms with Crippen molar-refractivity contribution in [3.05, 3.63) is 51.9 Å². The number of benzene rings is 1. The number of thiophene rings is 1. The van der Waals surface area contributed by atoms with Gasteiger partial charge in [-0.2, -0.15) is 0 Å². The lowest BCUT2D eigenvalue weighted by Gasteiger charge is -2.33. The van der Waals surface area contributed by atoms with Crippen LogP contribution in [-0.4, -0.2) is 42.5 Å². The number of amides is 2. The highest BCUT2D eigenvalue weighted by Crippen LogP contribution is 2.37. The molecule has 3 aromatic rings. The van der Waals surface area contributed by atoms with Gasteiger partial charge in [-0.15, -0.1) is 11.3 Å². The van der Waals surface area contributed by atoms with Gasteiger partial charge in [-0.1, -0.05) is 25.5 Å². The van der Waals surface area contributed by atoms with Crippen molar-refractivity contribution in [1.29, 1.82) is 0 Å². The fourth-order valence-corrected chi connectivity index (χ4v) is 5.55. The Hall–Kier alpha value is -3.17. The average molecular weight is 481 g/mol. The molecule has 0 aliphatic carbocycles. The summed E-state index contributed by atoms with van der Waals surface area (Å²) in [6, 6.07) is 10.1. The van der Waals surface area contributed by atoms with Crippen LogP contribution in [0.1, 0.15) is 57.3 Å². The van der Waals surface area contributed by atoms with Crippen LogP contribution in [0.15, 0.2) is 30.3 Å². The number of piperidine rings is 1. The molecule has 3 heterocycles. The predicted octanol–water partition coefficient (Wildman–Crippen LogP) is 2.83. The van der Waals surface area contributed by atoms with Gasteiger partial charge in [0.1, 0.15) is 15.5 Å². The Labute approximate surface area is 203 Å². The second-order valence-electron chi connectivity index (χ2n) is 8.81. The van der Waals surface area contributed by atoms with Crippen molar-refractivity contribution in [2.45, 2.75) is 45.1 Å². The topological polar surface area (TPSA) is 140 Å². The predicted molar refractivity (Wildman–Crippen MR) is 138 cm³/mol. The summed E-state index contributed by atoms with van der Waals surface area (Å²) in [6.07, 6.45) is 4.82. The number of carbonyl (C=O) groups excluding carboxylic acids is 2. The fourth-order valence-electron chi connectivity index (χ4n) is 4.57. The van der Waals surface area contributed by atoms with Gasteiger partial charge in [0.15, 0.2) is 0 Å². The van der Waals surface area contributed by atoms with Crippen LogP contribution in [0.3, 0.4) is 0 Å². The quantitative estimate of drug-likeness (QED) is 0.371. The second kappa shape index (κ2) is 10.4. The molecule has 4 rings (SSSR count). The maximum absolute atomic E-state index is 11.8. The molecule has 1 aromatic carbocycles. The van der Waals surface area contributed by atoms with Crippen molar-refractivity contribution >= 4 is 44.9 Å². The van der Waals surface area contributed by atoms with E-state index in [-0.39, 0.29) is 0 Å². The molecule has 0 spiro atoms. The molecule has 0 unspecified atom stereocenters. The lowest BCUT2D eigenvalue weighted by atomic mass is 10.0. The Morgan fingerprint density at radius 3 is 2.44 bits per heavy atom. The Balaban J connectivity index is 1.37. The summed E-state index contributed by atoms with van der Waals surface area (Å²) in [4.78, 5) is 31.3. The Kier molecular flexibility index (Phi) is 7.33. The summed E-state index contributed by atoms with van der Waals surface area (Å²) >= 11 is 1.29. The van der Waals surface area contributed by atoms with Gasteiger partial charge in [0.2, 0.25) is 5.91 Å². The first-order chi connectivity index (χ1) is 16.4. The first kappa shape index (κ1) is 24.0. The van der Waals surface area contributed by atoms with Crippen LogP contribution in [-0.2, 0) is 12.8 Å². The molecule has 2 aromatic heterocycles. The minimum absolute atomic E-state index is 0.393. The maximum Gasteiger partial charge on any atom is 0.260 e. The standard InChI is InChI=1S/C25H32N6O2S/c1-2-3-17-14-19(30-25-20(17)21(26)22(34-25)24(28)33)31-12-9-18(10-13-31)29-11-8-15-4-6-16(7-5-15)23(27)32/h4-7,14,18,29H,2-3,8-13,26H2,1H3,(H2,27,32)(H2,28,33). The molecule has 34 heavy (non-hydrogen) atoms. The third kappa shape index (κ3) is 5.15. The number of rotatable bonds is 9. The molecular formula is C25H32N6O2S. The number of anilines is 2. The number of nitrogen functional groups attached to an aromatic ring is 1. The van der Waals surface area contributed by atoms with E-state index in [2.05, 4.69) is 23.2 Å². The van der Waals surface area contributed by atoms with Crippen LogP contribution in [0.25, 0.3) is 10.2 Å². The lowest BCUT2D eigenvalue weighted by Crippen LogP contribution is -2.43.